The van der Waals surface area contributed by atoms with Gasteiger partial charge in [-0.1, -0.05) is 6.92 Å². The normalized spacial score (nSPS) is 23.1. The number of hydrogen-bond donors (Lipinski definition) is 0. The van der Waals surface area contributed by atoms with E-state index in [2.05, 4.69) is 11.8 Å². The van der Waals surface area contributed by atoms with Crippen LogP contribution < -0.4 is 9.47 Å². The number of hydrogen-bond acceptors (Lipinski definition) is 7. The maximum absolute atomic E-state index is 15.9. The lowest BCUT2D eigenvalue weighted by atomic mass is 9.84. The highest BCUT2D eigenvalue weighted by Gasteiger charge is 2.47. The van der Waals surface area contributed by atoms with Crippen molar-refractivity contribution in [3.63, 3.8) is 0 Å². The Labute approximate surface area is 211 Å². The van der Waals surface area contributed by atoms with Gasteiger partial charge in [0.05, 0.1) is 45.2 Å². The Morgan fingerprint density at radius 2 is 1.86 bits per heavy atom. The van der Waals surface area contributed by atoms with Crippen LogP contribution in [0.5, 0.6) is 11.5 Å². The van der Waals surface area contributed by atoms with Crippen LogP contribution in [0.1, 0.15) is 39.2 Å². The summed E-state index contributed by atoms with van der Waals surface area (Å²) in [7, 11) is 6.09. The van der Waals surface area contributed by atoms with Gasteiger partial charge >= 0.3 is 5.97 Å². The number of fused-ring (bicyclic) bond motifs is 2. The third-order valence-corrected chi connectivity index (χ3v) is 7.18. The van der Waals surface area contributed by atoms with Crippen LogP contribution in [-0.2, 0) is 19.0 Å². The highest BCUT2D eigenvalue weighted by atomic mass is 19.1. The average molecular weight is 500 g/mol. The molecule has 0 amide bonds. The maximum Gasteiger partial charge on any atom is 0.340 e. The molecule has 1 aliphatic carbocycles. The second kappa shape index (κ2) is 10.4. The molecule has 1 aromatic rings. The van der Waals surface area contributed by atoms with E-state index in [1.54, 1.807) is 33.3 Å². The highest BCUT2D eigenvalue weighted by molar-refractivity contribution is 6.06. The van der Waals surface area contributed by atoms with Gasteiger partial charge in [-0.25, -0.2) is 9.18 Å². The quantitative estimate of drug-likeness (QED) is 0.477. The lowest BCUT2D eigenvalue weighted by Crippen LogP contribution is -2.42. The topological polar surface area (TPSA) is 66.5 Å². The van der Waals surface area contributed by atoms with Crippen LogP contribution in [0.25, 0.3) is 5.57 Å². The molecule has 0 aromatic heterocycles. The maximum atomic E-state index is 15.9. The molecule has 1 aromatic carbocycles. The first-order valence-electron chi connectivity index (χ1n) is 12.2. The number of benzene rings is 1. The Kier molecular flexibility index (Phi) is 7.45. The number of nitrogens with zero attached hydrogens (tertiary/aromatic N) is 1. The van der Waals surface area contributed by atoms with Crippen LogP contribution in [0.15, 0.2) is 52.5 Å². The molecule has 0 bridgehead atoms. The second-order valence-electron chi connectivity index (χ2n) is 8.88. The molecule has 0 fully saturated rings. The van der Waals surface area contributed by atoms with Gasteiger partial charge in [0.25, 0.3) is 0 Å². The van der Waals surface area contributed by atoms with Crippen molar-refractivity contribution < 1.29 is 32.9 Å². The molecule has 7 nitrogen and oxygen atoms in total. The van der Waals surface area contributed by atoms with E-state index in [0.29, 0.717) is 16.9 Å². The van der Waals surface area contributed by atoms with Crippen molar-refractivity contribution in [2.75, 3.05) is 35.0 Å². The van der Waals surface area contributed by atoms with Crippen molar-refractivity contribution in [1.29, 1.82) is 0 Å². The summed E-state index contributed by atoms with van der Waals surface area (Å²) in [5, 5.41) is 0. The van der Waals surface area contributed by atoms with E-state index < -0.39 is 11.8 Å². The zero-order valence-corrected chi connectivity index (χ0v) is 21.9. The predicted molar refractivity (Wildman–Crippen MR) is 134 cm³/mol. The van der Waals surface area contributed by atoms with Crippen LogP contribution in [0.2, 0.25) is 0 Å². The Balaban J connectivity index is 2.06. The van der Waals surface area contributed by atoms with Crippen molar-refractivity contribution in [3.8, 4) is 11.5 Å². The first kappa shape index (κ1) is 25.8. The zero-order chi connectivity index (χ0) is 26.1. The Morgan fingerprint density at radius 1 is 1.11 bits per heavy atom. The lowest BCUT2D eigenvalue weighted by molar-refractivity contribution is -0.138. The van der Waals surface area contributed by atoms with Crippen molar-refractivity contribution in [3.05, 3.63) is 63.8 Å². The summed E-state index contributed by atoms with van der Waals surface area (Å²) < 4.78 is 43.3. The minimum Gasteiger partial charge on any atom is -0.498 e. The van der Waals surface area contributed by atoms with Gasteiger partial charge in [-0.3, -0.25) is 0 Å². The number of rotatable bonds is 8. The summed E-state index contributed by atoms with van der Waals surface area (Å²) in [4.78, 5) is 15.8. The molecule has 194 valence electrons. The van der Waals surface area contributed by atoms with E-state index >= 15 is 4.39 Å². The first-order valence-corrected chi connectivity index (χ1v) is 12.2. The van der Waals surface area contributed by atoms with Gasteiger partial charge in [-0.05, 0) is 56.5 Å². The van der Waals surface area contributed by atoms with E-state index in [9.17, 15) is 4.79 Å². The minimum absolute atomic E-state index is 0.00442. The minimum atomic E-state index is -0.578. The van der Waals surface area contributed by atoms with Crippen LogP contribution in [0, 0.1) is 5.82 Å². The van der Waals surface area contributed by atoms with E-state index in [1.165, 1.54) is 14.2 Å². The third-order valence-electron chi connectivity index (χ3n) is 7.18. The number of carbonyl (C=O) groups is 1. The fourth-order valence-electron chi connectivity index (χ4n) is 5.56. The molecule has 2 heterocycles. The van der Waals surface area contributed by atoms with Gasteiger partial charge in [-0.2, -0.15) is 0 Å². The molecule has 4 rings (SSSR count). The number of esters is 1. The van der Waals surface area contributed by atoms with Gasteiger partial charge in [0.15, 0.2) is 17.3 Å². The third kappa shape index (κ3) is 3.97. The van der Waals surface area contributed by atoms with E-state index in [4.69, 9.17) is 23.7 Å². The number of methoxy groups -OCH3 is 4. The van der Waals surface area contributed by atoms with Gasteiger partial charge in [0.1, 0.15) is 11.9 Å². The van der Waals surface area contributed by atoms with Crippen LogP contribution >= 0.6 is 0 Å². The fraction of sp³-hybridized carbons (Fsp3) is 0.464. The number of halogens is 1. The van der Waals surface area contributed by atoms with Crippen molar-refractivity contribution >= 4 is 11.5 Å². The molecule has 2 aliphatic heterocycles. The Morgan fingerprint density at radius 3 is 2.44 bits per heavy atom. The van der Waals surface area contributed by atoms with Crippen LogP contribution in [0.3, 0.4) is 0 Å². The molecule has 0 saturated heterocycles. The zero-order valence-electron chi connectivity index (χ0n) is 21.9. The monoisotopic (exact) mass is 499 g/mol. The molecule has 0 N–H and O–H groups in total. The molecule has 0 spiro atoms. The molecule has 3 atom stereocenters. The molecule has 3 aliphatic rings. The van der Waals surface area contributed by atoms with Crippen LogP contribution in [0.4, 0.5) is 4.39 Å². The summed E-state index contributed by atoms with van der Waals surface area (Å²) in [5.74, 6) is -0.151. The standard InChI is InChI=1S/C28H34FNO6/c1-8-17-12-16-13-21(33-5)22(34-6)14-19(16)26-24(28(31)36-9-2)23(15(3)30(17)26)18-10-11-20(32-4)27(35-7)25(18)29/h10-11,13-15,17,21H,8-9,12H2,1-7H3. The molecule has 8 heteroatoms. The SMILES string of the molecule is CCOC(=O)C1=C(c2ccc(OC)c(OC)c2F)C(C)N2C1=C1C=C(OC)C(OC)C=C1CC2CC. The van der Waals surface area contributed by atoms with Gasteiger partial charge in [0.2, 0.25) is 0 Å². The average Bonchev–Trinajstić information content (AvgIpc) is 3.20. The van der Waals surface area contributed by atoms with Gasteiger partial charge < -0.3 is 28.6 Å². The van der Waals surface area contributed by atoms with E-state index in [1.807, 2.05) is 19.1 Å². The largest absolute Gasteiger partial charge is 0.498 e. The molecular formula is C28H34FNO6. The number of ether oxygens (including phenoxy) is 5. The fourth-order valence-corrected chi connectivity index (χ4v) is 5.56. The molecule has 3 unspecified atom stereocenters. The van der Waals surface area contributed by atoms with E-state index in [0.717, 1.165) is 29.7 Å². The lowest BCUT2D eigenvalue weighted by Gasteiger charge is -2.42. The predicted octanol–water partition coefficient (Wildman–Crippen LogP) is 4.79. The molecular weight excluding hydrogens is 465 g/mol. The molecule has 0 saturated carbocycles. The molecule has 0 radical (unpaired) electrons. The summed E-state index contributed by atoms with van der Waals surface area (Å²) in [6, 6.07) is 3.11. The Bertz CT molecular complexity index is 1180. The first-order chi connectivity index (χ1) is 17.4. The van der Waals surface area contributed by atoms with Crippen LogP contribution in [-0.4, -0.2) is 64.1 Å². The summed E-state index contributed by atoms with van der Waals surface area (Å²) in [5.41, 5.74) is 3.89. The van der Waals surface area contributed by atoms with Crippen molar-refractivity contribution in [2.24, 2.45) is 0 Å². The molecule has 36 heavy (non-hydrogen) atoms. The summed E-state index contributed by atoms with van der Waals surface area (Å²) >= 11 is 0. The number of carbonyl (C=O) groups excluding carboxylic acids is 1. The second-order valence-corrected chi connectivity index (χ2v) is 8.88. The van der Waals surface area contributed by atoms with Crippen molar-refractivity contribution in [2.45, 2.75) is 51.8 Å². The smallest absolute Gasteiger partial charge is 0.340 e. The number of allylic oxidation sites excluding steroid dienone is 2. The van der Waals surface area contributed by atoms with Gasteiger partial charge in [0, 0.05) is 29.9 Å². The Hall–Kier alpha value is -3.26. The summed E-state index contributed by atoms with van der Waals surface area (Å²) in [6.07, 6.45) is 5.27. The van der Waals surface area contributed by atoms with Gasteiger partial charge in [-0.15, -0.1) is 0 Å². The highest BCUT2D eigenvalue weighted by Crippen LogP contribution is 2.51. The van der Waals surface area contributed by atoms with Crippen molar-refractivity contribution in [1.82, 2.24) is 4.90 Å². The summed E-state index contributed by atoms with van der Waals surface area (Å²) in [6.45, 7) is 6.08. The van der Waals surface area contributed by atoms with E-state index in [-0.39, 0.29) is 41.9 Å².